The summed E-state index contributed by atoms with van der Waals surface area (Å²) in [5.41, 5.74) is 0. The van der Waals surface area contributed by atoms with E-state index in [0.717, 1.165) is 12.8 Å². The highest BCUT2D eigenvalue weighted by molar-refractivity contribution is 5.15. The van der Waals surface area contributed by atoms with Crippen LogP contribution in [0.4, 0.5) is 0 Å². The highest BCUT2D eigenvalue weighted by atomic mass is 13.8. The Kier molecular flexibility index (Phi) is 4.70. The van der Waals surface area contributed by atoms with Crippen molar-refractivity contribution in [3.63, 3.8) is 0 Å². The standard InChI is InChI=1S/C12H13/c1-2-4-6-8-10-12-11-9-7-5-3-1/h1-5,9-12H,6,8H2/b3-1-,4-2+,7-5?,11-9-,12-10-. The van der Waals surface area contributed by atoms with Crippen LogP contribution in [0.3, 0.4) is 0 Å². The van der Waals surface area contributed by atoms with E-state index in [0.29, 0.717) is 0 Å². The predicted octanol–water partition coefficient (Wildman–Crippen LogP) is 3.36. The van der Waals surface area contributed by atoms with Gasteiger partial charge in [0.1, 0.15) is 0 Å². The van der Waals surface area contributed by atoms with E-state index in [1.54, 1.807) is 0 Å². The first-order valence-corrected chi connectivity index (χ1v) is 4.23. The zero-order chi connectivity index (χ0) is 8.49. The van der Waals surface area contributed by atoms with Gasteiger partial charge in [-0.1, -0.05) is 54.7 Å². The normalized spacial score (nSPS) is 30.7. The molecule has 61 valence electrons. The van der Waals surface area contributed by atoms with Crippen LogP contribution in [0.2, 0.25) is 0 Å². The molecule has 0 heteroatoms. The van der Waals surface area contributed by atoms with Crippen LogP contribution in [-0.4, -0.2) is 0 Å². The van der Waals surface area contributed by atoms with Gasteiger partial charge in [0, 0.05) is 0 Å². The molecule has 1 rings (SSSR count). The lowest BCUT2D eigenvalue weighted by Crippen LogP contribution is -1.64. The summed E-state index contributed by atoms with van der Waals surface area (Å²) in [7, 11) is 0. The number of rotatable bonds is 0. The Morgan fingerprint density at radius 3 is 2.33 bits per heavy atom. The minimum absolute atomic E-state index is 1.11. The molecule has 0 unspecified atom stereocenters. The zero-order valence-corrected chi connectivity index (χ0v) is 7.11. The van der Waals surface area contributed by atoms with Gasteiger partial charge in [0.15, 0.2) is 0 Å². The average molecular weight is 157 g/mol. The van der Waals surface area contributed by atoms with Gasteiger partial charge in [0.25, 0.3) is 0 Å². The Bertz CT molecular complexity index is 211. The van der Waals surface area contributed by atoms with Crippen molar-refractivity contribution >= 4 is 0 Å². The molecule has 0 N–H and O–H groups in total. The molecule has 12 heavy (non-hydrogen) atoms. The van der Waals surface area contributed by atoms with E-state index in [1.807, 2.05) is 30.4 Å². The van der Waals surface area contributed by atoms with E-state index in [4.69, 9.17) is 0 Å². The molecule has 0 fully saturated rings. The summed E-state index contributed by atoms with van der Waals surface area (Å²) in [6.07, 6.45) is 23.5. The molecule has 1 radical (unpaired) electrons. The Hall–Kier alpha value is -1.30. The third-order valence-corrected chi connectivity index (χ3v) is 1.49. The van der Waals surface area contributed by atoms with Gasteiger partial charge < -0.3 is 0 Å². The molecule has 0 aromatic heterocycles. The van der Waals surface area contributed by atoms with Gasteiger partial charge in [-0.15, -0.1) is 0 Å². The minimum atomic E-state index is 1.11. The molecule has 0 amide bonds. The van der Waals surface area contributed by atoms with E-state index >= 15 is 0 Å². The maximum Gasteiger partial charge on any atom is -0.0184 e. The summed E-state index contributed by atoms with van der Waals surface area (Å²) in [5, 5.41) is 0. The Balaban J connectivity index is 2.55. The molecule has 0 heterocycles. The first-order chi connectivity index (χ1) is 6.00. The molecule has 0 atom stereocenters. The molecule has 0 aliphatic heterocycles. The van der Waals surface area contributed by atoms with E-state index in [-0.39, 0.29) is 0 Å². The van der Waals surface area contributed by atoms with Gasteiger partial charge >= 0.3 is 0 Å². The molecule has 0 bridgehead atoms. The lowest BCUT2D eigenvalue weighted by atomic mass is 10.2. The molecule has 0 aromatic carbocycles. The first-order valence-electron chi connectivity index (χ1n) is 4.23. The Morgan fingerprint density at radius 1 is 0.750 bits per heavy atom. The van der Waals surface area contributed by atoms with Crippen molar-refractivity contribution < 1.29 is 0 Å². The molecular weight excluding hydrogens is 144 g/mol. The monoisotopic (exact) mass is 157 g/mol. The van der Waals surface area contributed by atoms with Gasteiger partial charge in [-0.05, 0) is 18.9 Å². The second-order valence-electron chi connectivity index (χ2n) is 2.51. The van der Waals surface area contributed by atoms with Gasteiger partial charge in [-0.2, -0.15) is 0 Å². The maximum atomic E-state index is 3.03. The van der Waals surface area contributed by atoms with Crippen LogP contribution in [0.15, 0.2) is 54.7 Å². The molecule has 0 saturated heterocycles. The summed E-state index contributed by atoms with van der Waals surface area (Å²) in [5.74, 6) is 0. The molecule has 0 spiro atoms. The van der Waals surface area contributed by atoms with Gasteiger partial charge in [-0.25, -0.2) is 0 Å². The first kappa shape index (κ1) is 8.79. The third kappa shape index (κ3) is 4.51. The van der Waals surface area contributed by atoms with Gasteiger partial charge in [0.2, 0.25) is 0 Å². The Morgan fingerprint density at radius 2 is 1.50 bits per heavy atom. The minimum Gasteiger partial charge on any atom is -0.0842 e. The molecule has 0 aromatic rings. The molecule has 1 aliphatic rings. The highest BCUT2D eigenvalue weighted by Crippen LogP contribution is 1.94. The molecular formula is C12H13. The van der Waals surface area contributed by atoms with Crippen molar-refractivity contribution in [3.8, 4) is 0 Å². The Labute approximate surface area is 74.3 Å². The summed E-state index contributed by atoms with van der Waals surface area (Å²) in [6, 6.07) is 0. The van der Waals surface area contributed by atoms with E-state index in [2.05, 4.69) is 30.4 Å². The maximum absolute atomic E-state index is 3.03. The van der Waals surface area contributed by atoms with Crippen LogP contribution >= 0.6 is 0 Å². The zero-order valence-electron chi connectivity index (χ0n) is 7.11. The van der Waals surface area contributed by atoms with Crippen molar-refractivity contribution in [2.45, 2.75) is 12.8 Å². The van der Waals surface area contributed by atoms with Crippen molar-refractivity contribution in [1.29, 1.82) is 0 Å². The predicted molar refractivity (Wildman–Crippen MR) is 53.6 cm³/mol. The van der Waals surface area contributed by atoms with Crippen molar-refractivity contribution in [1.82, 2.24) is 0 Å². The third-order valence-electron chi connectivity index (χ3n) is 1.49. The summed E-state index contributed by atoms with van der Waals surface area (Å²) < 4.78 is 0. The van der Waals surface area contributed by atoms with Crippen LogP contribution in [0, 0.1) is 6.08 Å². The summed E-state index contributed by atoms with van der Waals surface area (Å²) >= 11 is 0. The lowest BCUT2D eigenvalue weighted by molar-refractivity contribution is 1.05. The fourth-order valence-corrected chi connectivity index (χ4v) is 0.884. The van der Waals surface area contributed by atoms with Crippen molar-refractivity contribution in [2.24, 2.45) is 0 Å². The topological polar surface area (TPSA) is 0 Å². The van der Waals surface area contributed by atoms with Crippen LogP contribution in [-0.2, 0) is 0 Å². The van der Waals surface area contributed by atoms with E-state index < -0.39 is 0 Å². The van der Waals surface area contributed by atoms with Crippen molar-refractivity contribution in [2.75, 3.05) is 0 Å². The SMILES string of the molecule is [C]1=C/C=C\C=C\CC/C=C\C=C/1. The van der Waals surface area contributed by atoms with E-state index in [9.17, 15) is 0 Å². The number of hydrogen-bond acceptors (Lipinski definition) is 0. The lowest BCUT2D eigenvalue weighted by Gasteiger charge is -1.84. The van der Waals surface area contributed by atoms with Gasteiger partial charge in [-0.3, -0.25) is 0 Å². The van der Waals surface area contributed by atoms with Crippen LogP contribution in [0.5, 0.6) is 0 Å². The van der Waals surface area contributed by atoms with Gasteiger partial charge in [0.05, 0.1) is 0 Å². The fraction of sp³-hybridized carbons (Fsp3) is 0.167. The second-order valence-corrected chi connectivity index (χ2v) is 2.51. The van der Waals surface area contributed by atoms with Crippen LogP contribution < -0.4 is 0 Å². The average Bonchev–Trinajstić information content (AvgIpc) is 2.05. The molecule has 0 saturated carbocycles. The van der Waals surface area contributed by atoms with E-state index in [1.165, 1.54) is 0 Å². The molecule has 0 nitrogen and oxygen atoms in total. The highest BCUT2D eigenvalue weighted by Gasteiger charge is 1.74. The van der Waals surface area contributed by atoms with Crippen LogP contribution in [0.25, 0.3) is 0 Å². The largest absolute Gasteiger partial charge is 0.0842 e. The summed E-state index contributed by atoms with van der Waals surface area (Å²) in [4.78, 5) is 0. The second kappa shape index (κ2) is 6.41. The molecule has 1 aliphatic carbocycles. The fourth-order valence-electron chi connectivity index (χ4n) is 0.884. The smallest absolute Gasteiger partial charge is 0.0184 e. The summed E-state index contributed by atoms with van der Waals surface area (Å²) in [6.45, 7) is 0. The van der Waals surface area contributed by atoms with Crippen LogP contribution in [0.1, 0.15) is 12.8 Å². The quantitative estimate of drug-likeness (QED) is 0.505. The van der Waals surface area contributed by atoms with Crippen molar-refractivity contribution in [3.05, 3.63) is 60.8 Å². The number of hydrogen-bond donors (Lipinski definition) is 0. The number of allylic oxidation sites excluding steroid dienone is 10.